The lowest BCUT2D eigenvalue weighted by Crippen LogP contribution is -2.51. The van der Waals surface area contributed by atoms with Crippen molar-refractivity contribution in [2.24, 2.45) is 0 Å². The van der Waals surface area contributed by atoms with E-state index >= 15 is 0 Å². The van der Waals surface area contributed by atoms with E-state index in [1.807, 2.05) is 57.2 Å². The molecule has 0 saturated heterocycles. The van der Waals surface area contributed by atoms with E-state index in [0.717, 1.165) is 5.56 Å². The van der Waals surface area contributed by atoms with Crippen LogP contribution >= 0.6 is 12.2 Å². The highest BCUT2D eigenvalue weighted by atomic mass is 32.1. The van der Waals surface area contributed by atoms with E-state index in [2.05, 4.69) is 11.9 Å². The van der Waals surface area contributed by atoms with Gasteiger partial charge < -0.3 is 24.3 Å². The number of rotatable bonds is 12. The van der Waals surface area contributed by atoms with Gasteiger partial charge in [0.15, 0.2) is 16.6 Å². The molecule has 0 fully saturated rings. The third kappa shape index (κ3) is 7.55. The van der Waals surface area contributed by atoms with E-state index in [1.165, 1.54) is 4.90 Å². The highest BCUT2D eigenvalue weighted by Crippen LogP contribution is 2.40. The summed E-state index contributed by atoms with van der Waals surface area (Å²) in [6.07, 6.45) is 3.27. The molecule has 1 aliphatic heterocycles. The molecular formula is C32H38N2O6S. The molecule has 3 rings (SSSR count). The number of benzene rings is 2. The zero-order valence-corrected chi connectivity index (χ0v) is 25.3. The summed E-state index contributed by atoms with van der Waals surface area (Å²) in [7, 11) is 0. The van der Waals surface area contributed by atoms with Gasteiger partial charge in [0.1, 0.15) is 18.4 Å². The maximum atomic E-state index is 14.1. The summed E-state index contributed by atoms with van der Waals surface area (Å²) in [6, 6.07) is 11.9. The average Bonchev–Trinajstić information content (AvgIpc) is 2.92. The Hall–Kier alpha value is -4.11. The molecule has 2 aromatic rings. The smallest absolute Gasteiger partial charge is 0.338 e. The molecular weight excluding hydrogens is 540 g/mol. The lowest BCUT2D eigenvalue weighted by atomic mass is 9.92. The average molecular weight is 579 g/mol. The molecule has 1 unspecified atom stereocenters. The lowest BCUT2D eigenvalue weighted by Gasteiger charge is -2.39. The van der Waals surface area contributed by atoms with E-state index in [9.17, 15) is 9.59 Å². The Morgan fingerprint density at radius 1 is 1.07 bits per heavy atom. The predicted octanol–water partition coefficient (Wildman–Crippen LogP) is 6.14. The zero-order chi connectivity index (χ0) is 30.1. The quantitative estimate of drug-likeness (QED) is 0.139. The van der Waals surface area contributed by atoms with Crippen molar-refractivity contribution in [3.8, 4) is 17.2 Å². The molecule has 0 spiro atoms. The van der Waals surface area contributed by atoms with Gasteiger partial charge in [-0.3, -0.25) is 9.69 Å². The van der Waals surface area contributed by atoms with E-state index in [0.29, 0.717) is 47.3 Å². The van der Waals surface area contributed by atoms with Crippen molar-refractivity contribution < 1.29 is 28.5 Å². The molecule has 2 aromatic carbocycles. The van der Waals surface area contributed by atoms with Crippen LogP contribution in [0.2, 0.25) is 0 Å². The van der Waals surface area contributed by atoms with Gasteiger partial charge in [-0.25, -0.2) is 4.79 Å². The number of nitrogens with zero attached hydrogens (tertiary/aromatic N) is 1. The Kier molecular flexibility index (Phi) is 11.1. The van der Waals surface area contributed by atoms with Crippen LogP contribution in [0, 0.1) is 0 Å². The van der Waals surface area contributed by atoms with Crippen LogP contribution in [0.4, 0.5) is 0 Å². The Labute approximate surface area is 247 Å². The predicted molar refractivity (Wildman–Crippen MR) is 164 cm³/mol. The van der Waals surface area contributed by atoms with Gasteiger partial charge in [-0.15, -0.1) is 0 Å². The van der Waals surface area contributed by atoms with Gasteiger partial charge in [0.25, 0.3) is 5.91 Å². The number of hydrogen-bond acceptors (Lipinski definition) is 7. The van der Waals surface area contributed by atoms with Crippen LogP contribution in [0.5, 0.6) is 17.2 Å². The molecule has 0 aromatic heterocycles. The Morgan fingerprint density at radius 3 is 2.46 bits per heavy atom. The molecule has 1 atom stereocenters. The van der Waals surface area contributed by atoms with Crippen molar-refractivity contribution in [1.29, 1.82) is 0 Å². The van der Waals surface area contributed by atoms with Crippen LogP contribution in [0.15, 0.2) is 72.0 Å². The van der Waals surface area contributed by atoms with Gasteiger partial charge in [0.2, 0.25) is 0 Å². The third-order valence-corrected chi connectivity index (χ3v) is 6.38. The second-order valence-electron chi connectivity index (χ2n) is 9.54. The fraction of sp³-hybridized carbons (Fsp3) is 0.344. The summed E-state index contributed by atoms with van der Waals surface area (Å²) in [5.41, 5.74) is 2.55. The number of hydrogen-bond donors (Lipinski definition) is 1. The first-order chi connectivity index (χ1) is 19.6. The van der Waals surface area contributed by atoms with Crippen LogP contribution < -0.4 is 19.5 Å². The highest BCUT2D eigenvalue weighted by molar-refractivity contribution is 7.80. The van der Waals surface area contributed by atoms with E-state index in [-0.39, 0.29) is 29.3 Å². The summed E-state index contributed by atoms with van der Waals surface area (Å²) in [5, 5.41) is 3.20. The molecule has 0 aliphatic carbocycles. The molecule has 9 heteroatoms. The van der Waals surface area contributed by atoms with Crippen LogP contribution in [-0.4, -0.2) is 47.8 Å². The number of esters is 1. The van der Waals surface area contributed by atoms with Crippen molar-refractivity contribution in [2.45, 2.75) is 53.7 Å². The summed E-state index contributed by atoms with van der Waals surface area (Å²) in [5.74, 6) is 0.754. The monoisotopic (exact) mass is 578 g/mol. The number of carbonyl (C=O) groups excluding carboxylic acids is 2. The van der Waals surface area contributed by atoms with Gasteiger partial charge in [-0.05, 0) is 83.6 Å². The number of nitrogens with one attached hydrogen (secondary N) is 1. The molecule has 0 saturated carbocycles. The minimum atomic E-state index is -0.873. The number of amides is 1. The maximum absolute atomic E-state index is 14.1. The SMILES string of the molecule is C=CCOc1ccc(/C=C(\C)C(=O)N2C(=S)NC(C)=C(C(=O)OCC)C2c2ccccc2OC(C)C)cc1OCC. The second-order valence-corrected chi connectivity index (χ2v) is 9.92. The van der Waals surface area contributed by atoms with E-state index in [1.54, 1.807) is 39.0 Å². The summed E-state index contributed by atoms with van der Waals surface area (Å²) in [4.78, 5) is 28.8. The maximum Gasteiger partial charge on any atom is 0.338 e. The van der Waals surface area contributed by atoms with Gasteiger partial charge >= 0.3 is 5.97 Å². The fourth-order valence-electron chi connectivity index (χ4n) is 4.44. The number of allylic oxidation sites excluding steroid dienone is 1. The van der Waals surface area contributed by atoms with E-state index in [4.69, 9.17) is 31.2 Å². The van der Waals surface area contributed by atoms with Gasteiger partial charge in [0.05, 0.1) is 24.9 Å². The fourth-order valence-corrected chi connectivity index (χ4v) is 4.78. The molecule has 1 amide bonds. The Morgan fingerprint density at radius 2 is 1.80 bits per heavy atom. The first kappa shape index (κ1) is 31.4. The van der Waals surface area contributed by atoms with Crippen molar-refractivity contribution in [2.75, 3.05) is 19.8 Å². The summed E-state index contributed by atoms with van der Waals surface area (Å²) in [6.45, 7) is 15.5. The second kappa shape index (κ2) is 14.5. The topological polar surface area (TPSA) is 86.3 Å². The molecule has 41 heavy (non-hydrogen) atoms. The van der Waals surface area contributed by atoms with Gasteiger partial charge in [-0.2, -0.15) is 0 Å². The molecule has 1 heterocycles. The molecule has 0 bridgehead atoms. The molecule has 0 radical (unpaired) electrons. The molecule has 218 valence electrons. The third-order valence-electron chi connectivity index (χ3n) is 6.08. The largest absolute Gasteiger partial charge is 0.491 e. The van der Waals surface area contributed by atoms with Gasteiger partial charge in [0, 0.05) is 16.8 Å². The summed E-state index contributed by atoms with van der Waals surface area (Å²) < 4.78 is 23.0. The minimum absolute atomic E-state index is 0.135. The van der Waals surface area contributed by atoms with Crippen molar-refractivity contribution in [3.63, 3.8) is 0 Å². The number of thiocarbonyl (C=S) groups is 1. The number of carbonyl (C=O) groups is 2. The minimum Gasteiger partial charge on any atom is -0.491 e. The highest BCUT2D eigenvalue weighted by Gasteiger charge is 2.41. The summed E-state index contributed by atoms with van der Waals surface area (Å²) >= 11 is 5.68. The van der Waals surface area contributed by atoms with Crippen molar-refractivity contribution in [1.82, 2.24) is 10.2 Å². The van der Waals surface area contributed by atoms with Crippen molar-refractivity contribution in [3.05, 3.63) is 83.1 Å². The molecule has 8 nitrogen and oxygen atoms in total. The number of ether oxygens (including phenoxy) is 4. The normalized spacial score (nSPS) is 15.4. The standard InChI is InChI=1S/C32H38N2O6S/c1-8-17-39-26-16-15-23(19-27(26)37-9-2)18-21(6)30(35)34-29(24-13-11-12-14-25(24)40-20(4)5)28(31(36)38-10-3)22(7)33-32(34)41/h8,11-16,18-20,29H,1,9-10,17H2,2-7H3,(H,33,41)/b21-18+. The first-order valence-corrected chi connectivity index (χ1v) is 14.0. The molecule has 1 aliphatic rings. The number of para-hydroxylation sites is 1. The van der Waals surface area contributed by atoms with Crippen LogP contribution in [0.25, 0.3) is 6.08 Å². The van der Waals surface area contributed by atoms with Crippen LogP contribution in [0.3, 0.4) is 0 Å². The van der Waals surface area contributed by atoms with Gasteiger partial charge in [-0.1, -0.05) is 36.9 Å². The Balaban J connectivity index is 2.11. The van der Waals surface area contributed by atoms with Crippen LogP contribution in [-0.2, 0) is 14.3 Å². The Bertz CT molecular complexity index is 1360. The van der Waals surface area contributed by atoms with Crippen LogP contribution in [0.1, 0.15) is 58.7 Å². The zero-order valence-electron chi connectivity index (χ0n) is 24.5. The lowest BCUT2D eigenvalue weighted by molar-refractivity contribution is -0.139. The first-order valence-electron chi connectivity index (χ1n) is 13.6. The van der Waals surface area contributed by atoms with E-state index < -0.39 is 12.0 Å². The van der Waals surface area contributed by atoms with Crippen molar-refractivity contribution >= 4 is 35.3 Å². The molecule has 1 N–H and O–H groups in total.